The molecule has 2 N–H and O–H groups in total. The first-order valence-corrected chi connectivity index (χ1v) is 8.58. The summed E-state index contributed by atoms with van der Waals surface area (Å²) in [6, 6.07) is 7.30. The van der Waals surface area contributed by atoms with E-state index in [1.165, 1.54) is 4.90 Å². The molecule has 122 valence electrons. The number of methoxy groups -OCH3 is 1. The summed E-state index contributed by atoms with van der Waals surface area (Å²) in [5, 5.41) is 4.29. The smallest absolute Gasteiger partial charge is 0.224 e. The van der Waals surface area contributed by atoms with Crippen LogP contribution < -0.4 is 14.6 Å². The van der Waals surface area contributed by atoms with Gasteiger partial charge in [0.15, 0.2) is 11.5 Å². The summed E-state index contributed by atoms with van der Waals surface area (Å²) >= 11 is 0. The average molecular weight is 328 g/mol. The number of rotatable bonds is 7. The van der Waals surface area contributed by atoms with Crippen LogP contribution in [0.2, 0.25) is 0 Å². The topological polar surface area (TPSA) is 98.9 Å². The highest BCUT2D eigenvalue weighted by molar-refractivity contribution is 7.89. The van der Waals surface area contributed by atoms with Crippen LogP contribution in [0.5, 0.6) is 11.5 Å². The Morgan fingerprint density at radius 2 is 2.00 bits per heavy atom. The minimum absolute atomic E-state index is 0.0355. The Morgan fingerprint density at radius 3 is 2.59 bits per heavy atom. The fourth-order valence-corrected chi connectivity index (χ4v) is 3.11. The molecule has 1 aromatic rings. The molecule has 2 rings (SSSR count). The van der Waals surface area contributed by atoms with Crippen molar-refractivity contribution >= 4 is 15.9 Å². The molecule has 7 nitrogen and oxygen atoms in total. The molecule has 1 atom stereocenters. The quantitative estimate of drug-likeness (QED) is 0.728. The fourth-order valence-electron chi connectivity index (χ4n) is 2.35. The van der Waals surface area contributed by atoms with Gasteiger partial charge in [0, 0.05) is 19.5 Å². The highest BCUT2D eigenvalue weighted by Crippen LogP contribution is 2.25. The molecule has 0 saturated carbocycles. The van der Waals surface area contributed by atoms with Crippen LogP contribution in [0.1, 0.15) is 12.8 Å². The molecular weight excluding hydrogens is 308 g/mol. The number of sulfonamides is 1. The second-order valence-electron chi connectivity index (χ2n) is 5.11. The van der Waals surface area contributed by atoms with E-state index in [0.29, 0.717) is 31.1 Å². The third-order valence-electron chi connectivity index (χ3n) is 3.54. The number of primary sulfonamides is 1. The Balaban J connectivity index is 1.79. The van der Waals surface area contributed by atoms with Crippen molar-refractivity contribution in [3.63, 3.8) is 0 Å². The first-order valence-electron chi connectivity index (χ1n) is 6.97. The number of hydrogen-bond donors (Lipinski definition) is 1. The van der Waals surface area contributed by atoms with Crippen LogP contribution in [0.15, 0.2) is 24.3 Å². The second-order valence-corrected chi connectivity index (χ2v) is 6.95. The van der Waals surface area contributed by atoms with Gasteiger partial charge in [-0.25, -0.2) is 13.6 Å². The van der Waals surface area contributed by atoms with E-state index >= 15 is 0 Å². The number of hydrogen-bond acceptors (Lipinski definition) is 5. The molecule has 1 heterocycles. The van der Waals surface area contributed by atoms with Gasteiger partial charge in [0.2, 0.25) is 15.9 Å². The number of amides is 1. The SMILES string of the molecule is COc1ccccc1OCCCN1CC(S(N)(=O)=O)CC1=O. The first-order chi connectivity index (χ1) is 10.4. The van der Waals surface area contributed by atoms with Crippen LogP contribution in [0.25, 0.3) is 0 Å². The van der Waals surface area contributed by atoms with Crippen LogP contribution in [-0.2, 0) is 14.8 Å². The Labute approximate surface area is 130 Å². The van der Waals surface area contributed by atoms with E-state index in [1.54, 1.807) is 19.2 Å². The molecule has 0 aromatic heterocycles. The van der Waals surface area contributed by atoms with Gasteiger partial charge in [-0.1, -0.05) is 12.1 Å². The van der Waals surface area contributed by atoms with Crippen molar-refractivity contribution < 1.29 is 22.7 Å². The molecule has 0 aliphatic carbocycles. The summed E-state index contributed by atoms with van der Waals surface area (Å²) in [6.45, 7) is 1.01. The minimum Gasteiger partial charge on any atom is -0.493 e. The van der Waals surface area contributed by atoms with Crippen molar-refractivity contribution in [1.29, 1.82) is 0 Å². The lowest BCUT2D eigenvalue weighted by Crippen LogP contribution is -2.32. The predicted octanol–water partition coefficient (Wildman–Crippen LogP) is 0.354. The Kier molecular flexibility index (Phi) is 5.25. The van der Waals surface area contributed by atoms with Gasteiger partial charge in [-0.2, -0.15) is 0 Å². The van der Waals surface area contributed by atoms with Gasteiger partial charge in [0.25, 0.3) is 0 Å². The van der Waals surface area contributed by atoms with Crippen molar-refractivity contribution in [2.45, 2.75) is 18.1 Å². The molecule has 1 aromatic carbocycles. The first kappa shape index (κ1) is 16.6. The summed E-state index contributed by atoms with van der Waals surface area (Å²) in [4.78, 5) is 13.3. The lowest BCUT2D eigenvalue weighted by molar-refractivity contribution is -0.127. The van der Waals surface area contributed by atoms with E-state index in [0.717, 1.165) is 0 Å². The molecule has 1 amide bonds. The van der Waals surface area contributed by atoms with Gasteiger partial charge in [0.05, 0.1) is 13.7 Å². The zero-order chi connectivity index (χ0) is 16.2. The summed E-state index contributed by atoms with van der Waals surface area (Å²) in [6.07, 6.45) is 0.563. The minimum atomic E-state index is -3.66. The maximum Gasteiger partial charge on any atom is 0.224 e. The van der Waals surface area contributed by atoms with Crippen molar-refractivity contribution in [3.8, 4) is 11.5 Å². The summed E-state index contributed by atoms with van der Waals surface area (Å²) < 4.78 is 33.3. The highest BCUT2D eigenvalue weighted by atomic mass is 32.2. The molecule has 1 fully saturated rings. The van der Waals surface area contributed by atoms with Crippen LogP contribution in [-0.4, -0.2) is 51.3 Å². The molecule has 1 aliphatic rings. The second kappa shape index (κ2) is 6.97. The standard InChI is InChI=1S/C14H20N2O5S/c1-20-12-5-2-3-6-13(12)21-8-4-7-16-10-11(9-14(16)17)22(15,18)19/h2-3,5-6,11H,4,7-10H2,1H3,(H2,15,18,19). The van der Waals surface area contributed by atoms with Gasteiger partial charge in [-0.15, -0.1) is 0 Å². The Bertz CT molecular complexity index is 632. The number of nitrogens with zero attached hydrogens (tertiary/aromatic N) is 1. The summed E-state index contributed by atoms with van der Waals surface area (Å²) in [7, 11) is -2.09. The van der Waals surface area contributed by atoms with Crippen LogP contribution in [0.4, 0.5) is 0 Å². The van der Waals surface area contributed by atoms with Crippen LogP contribution in [0.3, 0.4) is 0 Å². The molecule has 0 radical (unpaired) electrons. The zero-order valence-corrected chi connectivity index (χ0v) is 13.2. The van der Waals surface area contributed by atoms with E-state index in [2.05, 4.69) is 0 Å². The molecule has 1 unspecified atom stereocenters. The average Bonchev–Trinajstić information content (AvgIpc) is 2.85. The number of nitrogens with two attached hydrogens (primary N) is 1. The van der Waals surface area contributed by atoms with Crippen molar-refractivity contribution in [2.75, 3.05) is 26.8 Å². The molecule has 0 bridgehead atoms. The summed E-state index contributed by atoms with van der Waals surface area (Å²) in [5.41, 5.74) is 0. The van der Waals surface area contributed by atoms with Gasteiger partial charge >= 0.3 is 0 Å². The number of benzene rings is 1. The van der Waals surface area contributed by atoms with Gasteiger partial charge < -0.3 is 14.4 Å². The van der Waals surface area contributed by atoms with Crippen molar-refractivity contribution in [2.24, 2.45) is 5.14 Å². The highest BCUT2D eigenvalue weighted by Gasteiger charge is 2.35. The van der Waals surface area contributed by atoms with E-state index in [4.69, 9.17) is 14.6 Å². The maximum absolute atomic E-state index is 11.7. The monoisotopic (exact) mass is 328 g/mol. The van der Waals surface area contributed by atoms with Crippen LogP contribution >= 0.6 is 0 Å². The van der Waals surface area contributed by atoms with Crippen molar-refractivity contribution in [3.05, 3.63) is 24.3 Å². The Morgan fingerprint density at radius 1 is 1.32 bits per heavy atom. The van der Waals surface area contributed by atoms with Crippen molar-refractivity contribution in [1.82, 2.24) is 4.90 Å². The van der Waals surface area contributed by atoms with E-state index < -0.39 is 15.3 Å². The third kappa shape index (κ3) is 4.11. The molecule has 22 heavy (non-hydrogen) atoms. The molecule has 0 spiro atoms. The van der Waals surface area contributed by atoms with E-state index in [9.17, 15) is 13.2 Å². The number of carbonyl (C=O) groups excluding carboxylic acids is 1. The number of likely N-dealkylation sites (tertiary alicyclic amines) is 1. The third-order valence-corrected chi connectivity index (χ3v) is 4.79. The molecule has 1 saturated heterocycles. The maximum atomic E-state index is 11.7. The zero-order valence-electron chi connectivity index (χ0n) is 12.4. The lowest BCUT2D eigenvalue weighted by Gasteiger charge is -2.16. The van der Waals surface area contributed by atoms with E-state index in [1.807, 2.05) is 12.1 Å². The normalized spacial score (nSPS) is 18.5. The predicted molar refractivity (Wildman–Crippen MR) is 81.2 cm³/mol. The largest absolute Gasteiger partial charge is 0.493 e. The Hall–Kier alpha value is -1.80. The van der Waals surface area contributed by atoms with Gasteiger partial charge in [-0.3, -0.25) is 4.79 Å². The summed E-state index contributed by atoms with van der Waals surface area (Å²) in [5.74, 6) is 1.10. The van der Waals surface area contributed by atoms with E-state index in [-0.39, 0.29) is 18.9 Å². The lowest BCUT2D eigenvalue weighted by atomic mass is 10.3. The number of carbonyl (C=O) groups is 1. The number of ether oxygens (including phenoxy) is 2. The molecular formula is C14H20N2O5S. The van der Waals surface area contributed by atoms with Crippen LogP contribution in [0, 0.1) is 0 Å². The van der Waals surface area contributed by atoms with Gasteiger partial charge in [-0.05, 0) is 18.6 Å². The molecule has 8 heteroatoms. The van der Waals surface area contributed by atoms with Gasteiger partial charge in [0.1, 0.15) is 5.25 Å². The number of para-hydroxylation sites is 2. The fraction of sp³-hybridized carbons (Fsp3) is 0.500. The molecule has 1 aliphatic heterocycles.